The first kappa shape index (κ1) is 12.8. The number of ether oxygens (including phenoxy) is 1. The fraction of sp³-hybridized carbons (Fsp3) is 0.154. The van der Waals surface area contributed by atoms with Crippen molar-refractivity contribution in [3.8, 4) is 0 Å². The molecule has 2 aromatic rings. The number of rotatable bonds is 4. The molecule has 1 aromatic heterocycles. The molecule has 98 valence electrons. The Morgan fingerprint density at radius 2 is 2.05 bits per heavy atom. The lowest BCUT2D eigenvalue weighted by molar-refractivity contribution is -0.143. The van der Waals surface area contributed by atoms with Gasteiger partial charge in [-0.3, -0.25) is 9.89 Å². The first-order valence-electron chi connectivity index (χ1n) is 5.65. The van der Waals surface area contributed by atoms with Gasteiger partial charge < -0.3 is 10.1 Å². The van der Waals surface area contributed by atoms with Crippen molar-refractivity contribution >= 4 is 11.9 Å². The standard InChI is InChI=1S/C13H13N3O3/c1-19-13(18)11(9-5-3-2-4-6-9)16-12(17)10-7-14-15-8-10/h2-8,11H,1H3,(H,14,15)(H,16,17). The Morgan fingerprint density at radius 3 is 2.63 bits per heavy atom. The Balaban J connectivity index is 2.20. The predicted molar refractivity (Wildman–Crippen MR) is 67.3 cm³/mol. The van der Waals surface area contributed by atoms with Crippen LogP contribution >= 0.6 is 0 Å². The molecule has 0 aliphatic rings. The second kappa shape index (κ2) is 5.81. The lowest BCUT2D eigenvalue weighted by atomic mass is 10.1. The van der Waals surface area contributed by atoms with Crippen LogP contribution in [0.2, 0.25) is 0 Å². The third kappa shape index (κ3) is 2.98. The Morgan fingerprint density at radius 1 is 1.32 bits per heavy atom. The number of nitrogens with zero attached hydrogens (tertiary/aromatic N) is 1. The minimum atomic E-state index is -0.839. The lowest BCUT2D eigenvalue weighted by Crippen LogP contribution is -2.34. The van der Waals surface area contributed by atoms with Gasteiger partial charge >= 0.3 is 5.97 Å². The Labute approximate surface area is 109 Å². The number of esters is 1. The van der Waals surface area contributed by atoms with Crippen molar-refractivity contribution in [2.75, 3.05) is 7.11 Å². The van der Waals surface area contributed by atoms with Crippen LogP contribution in [0.3, 0.4) is 0 Å². The Kier molecular flexibility index (Phi) is 3.92. The van der Waals surface area contributed by atoms with Gasteiger partial charge in [0.1, 0.15) is 0 Å². The average Bonchev–Trinajstić information content (AvgIpc) is 2.99. The third-order valence-electron chi connectivity index (χ3n) is 2.61. The van der Waals surface area contributed by atoms with E-state index in [4.69, 9.17) is 4.74 Å². The summed E-state index contributed by atoms with van der Waals surface area (Å²) in [5.74, 6) is -0.920. The summed E-state index contributed by atoms with van der Waals surface area (Å²) in [7, 11) is 1.28. The first-order valence-corrected chi connectivity index (χ1v) is 5.65. The number of aromatic amines is 1. The van der Waals surface area contributed by atoms with Crippen LogP contribution in [0.5, 0.6) is 0 Å². The van der Waals surface area contributed by atoms with Gasteiger partial charge in [-0.15, -0.1) is 0 Å². The van der Waals surface area contributed by atoms with E-state index in [0.29, 0.717) is 11.1 Å². The number of carbonyl (C=O) groups is 2. The summed E-state index contributed by atoms with van der Waals surface area (Å²) in [6, 6.07) is 8.06. The summed E-state index contributed by atoms with van der Waals surface area (Å²) in [6.45, 7) is 0. The maximum Gasteiger partial charge on any atom is 0.333 e. The molecule has 0 aliphatic heterocycles. The van der Waals surface area contributed by atoms with Crippen molar-refractivity contribution in [3.63, 3.8) is 0 Å². The highest BCUT2D eigenvalue weighted by atomic mass is 16.5. The molecule has 0 bridgehead atoms. The molecule has 6 nitrogen and oxygen atoms in total. The number of benzene rings is 1. The van der Waals surface area contributed by atoms with Gasteiger partial charge in [-0.2, -0.15) is 5.10 Å². The highest BCUT2D eigenvalue weighted by Crippen LogP contribution is 2.14. The van der Waals surface area contributed by atoms with E-state index in [0.717, 1.165) is 0 Å². The lowest BCUT2D eigenvalue weighted by Gasteiger charge is -2.16. The predicted octanol–water partition coefficient (Wildman–Crippen LogP) is 1.05. The number of nitrogens with one attached hydrogen (secondary N) is 2. The van der Waals surface area contributed by atoms with Crippen LogP contribution in [-0.2, 0) is 9.53 Å². The van der Waals surface area contributed by atoms with Crippen molar-refractivity contribution in [2.24, 2.45) is 0 Å². The van der Waals surface area contributed by atoms with Gasteiger partial charge in [0.15, 0.2) is 6.04 Å². The van der Waals surface area contributed by atoms with E-state index in [1.807, 2.05) is 6.07 Å². The SMILES string of the molecule is COC(=O)C(NC(=O)c1cn[nH]c1)c1ccccc1. The molecule has 6 heteroatoms. The topological polar surface area (TPSA) is 84.1 Å². The summed E-state index contributed by atoms with van der Waals surface area (Å²) in [5.41, 5.74) is 1.01. The van der Waals surface area contributed by atoms with Gasteiger partial charge in [0.05, 0.1) is 18.9 Å². The van der Waals surface area contributed by atoms with Crippen molar-refractivity contribution in [2.45, 2.75) is 6.04 Å². The number of hydrogen-bond acceptors (Lipinski definition) is 4. The van der Waals surface area contributed by atoms with Crippen LogP contribution in [0.4, 0.5) is 0 Å². The zero-order chi connectivity index (χ0) is 13.7. The highest BCUT2D eigenvalue weighted by molar-refractivity contribution is 5.96. The molecule has 0 aliphatic carbocycles. The second-order valence-electron chi connectivity index (χ2n) is 3.83. The van der Waals surface area contributed by atoms with E-state index in [-0.39, 0.29) is 0 Å². The van der Waals surface area contributed by atoms with E-state index in [9.17, 15) is 9.59 Å². The van der Waals surface area contributed by atoms with Crippen LogP contribution in [0.25, 0.3) is 0 Å². The van der Waals surface area contributed by atoms with Crippen LogP contribution in [0, 0.1) is 0 Å². The maximum absolute atomic E-state index is 11.9. The quantitative estimate of drug-likeness (QED) is 0.804. The molecule has 1 heterocycles. The number of H-pyrrole nitrogens is 1. The molecule has 1 unspecified atom stereocenters. The van der Waals surface area contributed by atoms with Crippen LogP contribution < -0.4 is 5.32 Å². The van der Waals surface area contributed by atoms with E-state index in [1.54, 1.807) is 24.3 Å². The number of aromatic nitrogens is 2. The van der Waals surface area contributed by atoms with E-state index in [2.05, 4.69) is 15.5 Å². The zero-order valence-corrected chi connectivity index (χ0v) is 10.3. The summed E-state index contributed by atoms with van der Waals surface area (Å²) in [5, 5.41) is 8.84. The first-order chi connectivity index (χ1) is 9.22. The molecule has 1 amide bonds. The smallest absolute Gasteiger partial charge is 0.333 e. The molecule has 0 spiro atoms. The summed E-state index contributed by atoms with van der Waals surface area (Å²) in [4.78, 5) is 23.7. The number of methoxy groups -OCH3 is 1. The van der Waals surface area contributed by atoms with Gasteiger partial charge in [-0.1, -0.05) is 30.3 Å². The van der Waals surface area contributed by atoms with Gasteiger partial charge in [-0.25, -0.2) is 4.79 Å². The van der Waals surface area contributed by atoms with Crippen LogP contribution in [0.15, 0.2) is 42.7 Å². The van der Waals surface area contributed by atoms with Gasteiger partial charge in [0.25, 0.3) is 5.91 Å². The Bertz CT molecular complexity index is 552. The molecule has 1 atom stereocenters. The van der Waals surface area contributed by atoms with Crippen LogP contribution in [-0.4, -0.2) is 29.2 Å². The van der Waals surface area contributed by atoms with Crippen molar-refractivity contribution in [1.29, 1.82) is 0 Å². The second-order valence-corrected chi connectivity index (χ2v) is 3.83. The van der Waals surface area contributed by atoms with Crippen molar-refractivity contribution in [1.82, 2.24) is 15.5 Å². The van der Waals surface area contributed by atoms with E-state index in [1.165, 1.54) is 19.5 Å². The number of amides is 1. The zero-order valence-electron chi connectivity index (χ0n) is 10.3. The average molecular weight is 259 g/mol. The summed E-state index contributed by atoms with van der Waals surface area (Å²) in [6.07, 6.45) is 2.84. The van der Waals surface area contributed by atoms with Crippen LogP contribution in [0.1, 0.15) is 22.0 Å². The van der Waals surface area contributed by atoms with Crippen molar-refractivity contribution < 1.29 is 14.3 Å². The van der Waals surface area contributed by atoms with Crippen molar-refractivity contribution in [3.05, 3.63) is 53.9 Å². The minimum absolute atomic E-state index is 0.352. The summed E-state index contributed by atoms with van der Waals surface area (Å²) < 4.78 is 4.71. The molecule has 2 N–H and O–H groups in total. The molecule has 2 rings (SSSR count). The third-order valence-corrected chi connectivity index (χ3v) is 2.61. The fourth-order valence-corrected chi connectivity index (χ4v) is 1.63. The summed E-state index contributed by atoms with van der Waals surface area (Å²) >= 11 is 0. The molecule has 0 saturated carbocycles. The number of hydrogen-bond donors (Lipinski definition) is 2. The van der Waals surface area contributed by atoms with Gasteiger partial charge in [0.2, 0.25) is 0 Å². The van der Waals surface area contributed by atoms with E-state index < -0.39 is 17.9 Å². The number of carbonyl (C=O) groups excluding carboxylic acids is 2. The minimum Gasteiger partial charge on any atom is -0.467 e. The van der Waals surface area contributed by atoms with Gasteiger partial charge in [-0.05, 0) is 5.56 Å². The highest BCUT2D eigenvalue weighted by Gasteiger charge is 2.24. The molecule has 1 aromatic carbocycles. The molecule has 19 heavy (non-hydrogen) atoms. The van der Waals surface area contributed by atoms with Gasteiger partial charge in [0, 0.05) is 6.20 Å². The largest absolute Gasteiger partial charge is 0.467 e. The molecule has 0 saturated heterocycles. The fourth-order valence-electron chi connectivity index (χ4n) is 1.63. The monoisotopic (exact) mass is 259 g/mol. The maximum atomic E-state index is 11.9. The molecule has 0 fully saturated rings. The van der Waals surface area contributed by atoms with E-state index >= 15 is 0 Å². The molecular formula is C13H13N3O3. The Hall–Kier alpha value is -2.63. The molecular weight excluding hydrogens is 246 g/mol. The molecule has 0 radical (unpaired) electrons. The normalized spacial score (nSPS) is 11.6.